The number of nitrogens with two attached hydrogens (primary N) is 1. The SMILES string of the molecule is COC1=C2C[C@H](C)C[C@H](OC)[C@H](O)[C@H](C)/C=C(\C)[C@H](OC(N)=O)[C@H](OC)/C=C/C=C(/C)C(=O)NC(=C(C=NC(C)(C)C)C1=O)C2=O. The first-order chi connectivity index (χ1) is 21.4. The predicted molar refractivity (Wildman–Crippen MR) is 174 cm³/mol. The molecule has 2 rings (SSSR count). The number of carbonyl (C=O) groups excluding carboxylic acids is 4. The number of hydrogen-bond donors (Lipinski definition) is 3. The zero-order valence-electron chi connectivity index (χ0n) is 28.5. The molecule has 1 aliphatic carbocycles. The summed E-state index contributed by atoms with van der Waals surface area (Å²) in [7, 11) is 4.22. The minimum atomic E-state index is -1.01. The first kappa shape index (κ1) is 38.3. The third kappa shape index (κ3) is 10.1. The molecule has 0 spiro atoms. The summed E-state index contributed by atoms with van der Waals surface area (Å²) in [6.45, 7) is 12.4. The number of fused-ring (bicyclic) bond motifs is 2. The molecule has 2 bridgehead atoms. The van der Waals surface area contributed by atoms with E-state index in [9.17, 15) is 24.3 Å². The number of ether oxygens (including phenoxy) is 4. The van der Waals surface area contributed by atoms with Gasteiger partial charge in [0.15, 0.2) is 11.9 Å². The highest BCUT2D eigenvalue weighted by Crippen LogP contribution is 2.31. The summed E-state index contributed by atoms with van der Waals surface area (Å²) < 4.78 is 22.1. The van der Waals surface area contributed by atoms with Gasteiger partial charge in [-0.25, -0.2) is 4.79 Å². The number of methoxy groups -OCH3 is 3. The minimum absolute atomic E-state index is 0.0952. The van der Waals surface area contributed by atoms with Gasteiger partial charge in [-0.05, 0) is 59.0 Å². The maximum atomic E-state index is 14.0. The zero-order chi connectivity index (χ0) is 34.9. The standard InChI is InChI=1S/C34H49N3O9/c1-18-14-22-28(39)26(23(17-36-34(5,6)7)29(40)31(22)45-10)37-32(41)19(2)12-11-13-24(43-8)30(46-33(35)42)21(4)16-20(3)27(38)25(15-18)44-9/h11-13,16-18,20,24-25,27,30,38H,14-15H2,1-10H3,(H2,35,42)(H,37,41)/b13-11+,19-12-,21-16+,36-17?/t18-,20+,24+,25-,27+,30-/m0/s1. The number of carbonyl (C=O) groups is 4. The van der Waals surface area contributed by atoms with Crippen LogP contribution in [0.4, 0.5) is 4.79 Å². The van der Waals surface area contributed by atoms with Gasteiger partial charge in [0.1, 0.15) is 11.8 Å². The van der Waals surface area contributed by atoms with Crippen LogP contribution in [-0.2, 0) is 33.3 Å². The van der Waals surface area contributed by atoms with Crippen LogP contribution in [0.3, 0.4) is 0 Å². The monoisotopic (exact) mass is 643 g/mol. The second kappa shape index (κ2) is 16.6. The lowest BCUT2D eigenvalue weighted by molar-refractivity contribution is -0.121. The van der Waals surface area contributed by atoms with Crippen LogP contribution in [-0.4, -0.2) is 86.2 Å². The van der Waals surface area contributed by atoms with E-state index in [1.165, 1.54) is 33.6 Å². The molecule has 6 atom stereocenters. The number of allylic oxidation sites excluding steroid dienone is 4. The maximum absolute atomic E-state index is 14.0. The van der Waals surface area contributed by atoms with Crippen LogP contribution in [0, 0.1) is 11.8 Å². The second-order valence-electron chi connectivity index (χ2n) is 12.7. The fourth-order valence-electron chi connectivity index (χ4n) is 5.25. The van der Waals surface area contributed by atoms with Gasteiger partial charge >= 0.3 is 6.09 Å². The summed E-state index contributed by atoms with van der Waals surface area (Å²) in [6.07, 6.45) is 3.67. The summed E-state index contributed by atoms with van der Waals surface area (Å²) in [5, 5.41) is 13.9. The average molecular weight is 644 g/mol. The Morgan fingerprint density at radius 1 is 1.09 bits per heavy atom. The number of hydrogen-bond acceptors (Lipinski definition) is 10. The Kier molecular flexibility index (Phi) is 13.8. The largest absolute Gasteiger partial charge is 0.492 e. The van der Waals surface area contributed by atoms with Crippen LogP contribution in [0.25, 0.3) is 0 Å². The molecule has 0 aromatic carbocycles. The van der Waals surface area contributed by atoms with Gasteiger partial charge < -0.3 is 35.1 Å². The van der Waals surface area contributed by atoms with Crippen molar-refractivity contribution >= 4 is 29.8 Å². The van der Waals surface area contributed by atoms with Crippen LogP contribution in [0.5, 0.6) is 0 Å². The van der Waals surface area contributed by atoms with Crippen LogP contribution in [0.2, 0.25) is 0 Å². The Morgan fingerprint density at radius 3 is 2.28 bits per heavy atom. The number of rotatable bonds is 5. The first-order valence-electron chi connectivity index (χ1n) is 15.2. The van der Waals surface area contributed by atoms with E-state index in [0.717, 1.165) is 0 Å². The Hall–Kier alpha value is -3.87. The van der Waals surface area contributed by atoms with Crippen LogP contribution < -0.4 is 11.1 Å². The second-order valence-corrected chi connectivity index (χ2v) is 12.7. The van der Waals surface area contributed by atoms with E-state index in [1.54, 1.807) is 39.0 Å². The topological polar surface area (TPSA) is 176 Å². The summed E-state index contributed by atoms with van der Waals surface area (Å²) in [4.78, 5) is 57.3. The maximum Gasteiger partial charge on any atom is 0.405 e. The summed E-state index contributed by atoms with van der Waals surface area (Å²) >= 11 is 0. The van der Waals surface area contributed by atoms with E-state index in [-0.39, 0.29) is 40.5 Å². The smallest absolute Gasteiger partial charge is 0.405 e. The van der Waals surface area contributed by atoms with Gasteiger partial charge in [0.05, 0.1) is 30.4 Å². The van der Waals surface area contributed by atoms with Crippen molar-refractivity contribution in [3.05, 3.63) is 58.1 Å². The Morgan fingerprint density at radius 2 is 1.74 bits per heavy atom. The lowest BCUT2D eigenvalue weighted by Crippen LogP contribution is -2.38. The van der Waals surface area contributed by atoms with Crippen molar-refractivity contribution in [3.63, 3.8) is 0 Å². The molecule has 12 nitrogen and oxygen atoms in total. The molecule has 0 radical (unpaired) electrons. The average Bonchev–Trinajstić information content (AvgIpc) is 2.97. The molecule has 0 unspecified atom stereocenters. The van der Waals surface area contributed by atoms with Crippen molar-refractivity contribution in [2.45, 2.75) is 91.3 Å². The van der Waals surface area contributed by atoms with Crippen molar-refractivity contribution < 1.29 is 43.2 Å². The van der Waals surface area contributed by atoms with Gasteiger partial charge in [-0.3, -0.25) is 19.4 Å². The van der Waals surface area contributed by atoms with Gasteiger partial charge in [0.25, 0.3) is 5.91 Å². The van der Waals surface area contributed by atoms with Crippen molar-refractivity contribution in [2.75, 3.05) is 21.3 Å². The highest BCUT2D eigenvalue weighted by atomic mass is 16.6. The number of aliphatic hydroxyl groups is 1. The molecule has 1 aliphatic heterocycles. The minimum Gasteiger partial charge on any atom is -0.492 e. The van der Waals surface area contributed by atoms with E-state index in [0.29, 0.717) is 12.0 Å². The molecule has 0 fully saturated rings. The molecule has 46 heavy (non-hydrogen) atoms. The Balaban J connectivity index is 2.77. The third-order valence-electron chi connectivity index (χ3n) is 7.72. The molecule has 1 heterocycles. The number of nitrogens with zero attached hydrogens (tertiary/aromatic N) is 1. The highest BCUT2D eigenvalue weighted by molar-refractivity contribution is 6.32. The van der Waals surface area contributed by atoms with Crippen LogP contribution >= 0.6 is 0 Å². The number of Topliss-reactive ketones (excluding diaryl/α,β-unsaturated/α-hetero) is 2. The predicted octanol–water partition coefficient (Wildman–Crippen LogP) is 3.65. The first-order valence-corrected chi connectivity index (χ1v) is 15.2. The molecular formula is C34H49N3O9. The van der Waals surface area contributed by atoms with E-state index >= 15 is 0 Å². The number of aliphatic hydroxyl groups excluding tert-OH is 1. The zero-order valence-corrected chi connectivity index (χ0v) is 28.5. The van der Waals surface area contributed by atoms with E-state index in [1.807, 2.05) is 27.7 Å². The van der Waals surface area contributed by atoms with E-state index in [4.69, 9.17) is 24.7 Å². The van der Waals surface area contributed by atoms with Gasteiger partial charge in [-0.1, -0.05) is 38.2 Å². The number of nitrogens with one attached hydrogen (secondary N) is 1. The molecule has 254 valence electrons. The fourth-order valence-corrected chi connectivity index (χ4v) is 5.25. The lowest BCUT2D eigenvalue weighted by atomic mass is 9.84. The molecular weight excluding hydrogens is 594 g/mol. The fraction of sp³-hybridized carbons (Fsp3) is 0.559. The molecule has 0 aromatic heterocycles. The molecule has 2 aliphatic rings. The number of ketones is 2. The Labute approximate surface area is 271 Å². The quantitative estimate of drug-likeness (QED) is 0.229. The number of amides is 2. The van der Waals surface area contributed by atoms with E-state index in [2.05, 4.69) is 10.3 Å². The van der Waals surface area contributed by atoms with Gasteiger partial charge in [0.2, 0.25) is 11.6 Å². The lowest BCUT2D eigenvalue weighted by Gasteiger charge is -2.30. The molecule has 0 saturated heterocycles. The third-order valence-corrected chi connectivity index (χ3v) is 7.72. The van der Waals surface area contributed by atoms with Crippen LogP contribution in [0.1, 0.15) is 61.3 Å². The molecule has 0 saturated carbocycles. The highest BCUT2D eigenvalue weighted by Gasteiger charge is 2.37. The van der Waals surface area contributed by atoms with Crippen molar-refractivity contribution in [1.82, 2.24) is 5.32 Å². The number of aliphatic imine (C=N–C) groups is 1. The van der Waals surface area contributed by atoms with Gasteiger partial charge in [-0.2, -0.15) is 0 Å². The normalized spacial score (nSPS) is 30.8. The molecule has 4 N–H and O–H groups in total. The molecule has 2 amide bonds. The molecule has 12 heteroatoms. The van der Waals surface area contributed by atoms with Gasteiger partial charge in [0, 0.05) is 37.5 Å². The number of primary amides is 1. The van der Waals surface area contributed by atoms with E-state index < -0.39 is 59.4 Å². The summed E-state index contributed by atoms with van der Waals surface area (Å²) in [5.74, 6) is -2.64. The van der Waals surface area contributed by atoms with Crippen LogP contribution in [0.15, 0.2) is 63.0 Å². The summed E-state index contributed by atoms with van der Waals surface area (Å²) in [6, 6.07) is 0. The van der Waals surface area contributed by atoms with Crippen molar-refractivity contribution in [3.8, 4) is 0 Å². The molecule has 0 aromatic rings. The van der Waals surface area contributed by atoms with Gasteiger partial charge in [-0.15, -0.1) is 0 Å². The van der Waals surface area contributed by atoms with Crippen molar-refractivity contribution in [2.24, 2.45) is 22.6 Å². The summed E-state index contributed by atoms with van der Waals surface area (Å²) in [5.41, 5.74) is 5.38. The Bertz CT molecular complexity index is 1360. The van der Waals surface area contributed by atoms with Crippen molar-refractivity contribution in [1.29, 1.82) is 0 Å².